The first-order valence-corrected chi connectivity index (χ1v) is 5.92. The number of hydrogen-bond acceptors (Lipinski definition) is 4. The van der Waals surface area contributed by atoms with E-state index in [2.05, 4.69) is 0 Å². The van der Waals surface area contributed by atoms with Crippen LogP contribution < -0.4 is 9.47 Å². The Labute approximate surface area is 116 Å². The quantitative estimate of drug-likeness (QED) is 0.876. The fourth-order valence-electron chi connectivity index (χ4n) is 1.72. The molecule has 0 saturated carbocycles. The van der Waals surface area contributed by atoms with Crippen LogP contribution in [-0.4, -0.2) is 23.3 Å². The second-order valence-corrected chi connectivity index (χ2v) is 4.12. The molecule has 0 aliphatic carbocycles. The molecular weight excluding hydrogens is 260 g/mol. The van der Waals surface area contributed by atoms with Crippen molar-refractivity contribution in [2.24, 2.45) is 0 Å². The Kier molecular flexibility index (Phi) is 4.10. The van der Waals surface area contributed by atoms with Gasteiger partial charge in [-0.2, -0.15) is 0 Å². The van der Waals surface area contributed by atoms with Crippen LogP contribution >= 0.6 is 0 Å². The van der Waals surface area contributed by atoms with Crippen LogP contribution in [0, 0.1) is 0 Å². The summed E-state index contributed by atoms with van der Waals surface area (Å²) in [6.45, 7) is 0.231. The van der Waals surface area contributed by atoms with Crippen molar-refractivity contribution >= 4 is 5.97 Å². The molecule has 5 nitrogen and oxygen atoms in total. The first-order chi connectivity index (χ1) is 9.60. The maximum Gasteiger partial charge on any atom is 0.339 e. The van der Waals surface area contributed by atoms with Crippen LogP contribution in [0.4, 0.5) is 0 Å². The number of aromatic hydroxyl groups is 1. The summed E-state index contributed by atoms with van der Waals surface area (Å²) in [6, 6.07) is 11.2. The van der Waals surface area contributed by atoms with E-state index in [1.54, 1.807) is 24.3 Å². The number of carbonyl (C=O) groups is 1. The zero-order valence-electron chi connectivity index (χ0n) is 10.9. The fraction of sp³-hybridized carbons (Fsp3) is 0.133. The van der Waals surface area contributed by atoms with Gasteiger partial charge in [-0.05, 0) is 42.0 Å². The Balaban J connectivity index is 2.11. The third kappa shape index (κ3) is 3.20. The van der Waals surface area contributed by atoms with E-state index in [1.165, 1.54) is 25.3 Å². The zero-order chi connectivity index (χ0) is 14.5. The Bertz CT molecular complexity index is 604. The van der Waals surface area contributed by atoms with Crippen LogP contribution in [0.15, 0.2) is 42.5 Å². The van der Waals surface area contributed by atoms with Gasteiger partial charge in [-0.15, -0.1) is 0 Å². The van der Waals surface area contributed by atoms with Crippen molar-refractivity contribution in [1.82, 2.24) is 0 Å². The molecule has 0 aliphatic rings. The Morgan fingerprint density at radius 3 is 2.45 bits per heavy atom. The van der Waals surface area contributed by atoms with Gasteiger partial charge in [-0.25, -0.2) is 4.79 Å². The van der Waals surface area contributed by atoms with Gasteiger partial charge in [0.2, 0.25) is 0 Å². The van der Waals surface area contributed by atoms with E-state index in [9.17, 15) is 4.79 Å². The molecule has 2 aromatic rings. The average molecular weight is 274 g/mol. The lowest BCUT2D eigenvalue weighted by Crippen LogP contribution is -2.03. The van der Waals surface area contributed by atoms with E-state index >= 15 is 0 Å². The largest absolute Gasteiger partial charge is 0.508 e. The molecule has 20 heavy (non-hydrogen) atoms. The van der Waals surface area contributed by atoms with Gasteiger partial charge in [0, 0.05) is 0 Å². The number of aromatic carboxylic acids is 1. The van der Waals surface area contributed by atoms with Crippen molar-refractivity contribution in [3.63, 3.8) is 0 Å². The minimum absolute atomic E-state index is 0.0966. The van der Waals surface area contributed by atoms with E-state index in [1.807, 2.05) is 0 Å². The fourth-order valence-corrected chi connectivity index (χ4v) is 1.72. The van der Waals surface area contributed by atoms with Crippen molar-refractivity contribution in [2.45, 2.75) is 6.61 Å². The van der Waals surface area contributed by atoms with Crippen molar-refractivity contribution in [3.8, 4) is 17.2 Å². The number of phenols is 1. The molecular formula is C15H14O5. The van der Waals surface area contributed by atoms with Crippen LogP contribution in [-0.2, 0) is 6.61 Å². The maximum absolute atomic E-state index is 11.1. The van der Waals surface area contributed by atoms with Gasteiger partial charge in [0.1, 0.15) is 29.4 Å². The topological polar surface area (TPSA) is 76.0 Å². The minimum atomic E-state index is -1.05. The molecule has 0 fully saturated rings. The van der Waals surface area contributed by atoms with Crippen LogP contribution in [0.3, 0.4) is 0 Å². The lowest BCUT2D eigenvalue weighted by molar-refractivity contribution is 0.0693. The number of rotatable bonds is 5. The highest BCUT2D eigenvalue weighted by molar-refractivity contribution is 5.91. The van der Waals surface area contributed by atoms with Crippen LogP contribution in [0.5, 0.6) is 17.2 Å². The summed E-state index contributed by atoms with van der Waals surface area (Å²) in [4.78, 5) is 11.1. The molecule has 0 atom stereocenters. The molecule has 104 valence electrons. The molecule has 2 N–H and O–H groups in total. The average Bonchev–Trinajstić information content (AvgIpc) is 2.46. The number of carboxylic acids is 1. The van der Waals surface area contributed by atoms with E-state index in [4.69, 9.17) is 19.7 Å². The monoisotopic (exact) mass is 274 g/mol. The molecule has 2 aromatic carbocycles. The predicted octanol–water partition coefficient (Wildman–Crippen LogP) is 2.68. The second-order valence-electron chi connectivity index (χ2n) is 4.12. The lowest BCUT2D eigenvalue weighted by Gasteiger charge is -2.09. The van der Waals surface area contributed by atoms with Gasteiger partial charge >= 0.3 is 5.97 Å². The third-order valence-electron chi connectivity index (χ3n) is 2.74. The van der Waals surface area contributed by atoms with E-state index in [0.29, 0.717) is 11.5 Å². The van der Waals surface area contributed by atoms with Crippen molar-refractivity contribution in [3.05, 3.63) is 53.6 Å². The first-order valence-electron chi connectivity index (χ1n) is 5.92. The van der Waals surface area contributed by atoms with E-state index < -0.39 is 5.97 Å². The maximum atomic E-state index is 11.1. The molecule has 2 rings (SSSR count). The minimum Gasteiger partial charge on any atom is -0.508 e. The zero-order valence-corrected chi connectivity index (χ0v) is 10.9. The Hall–Kier alpha value is -2.69. The number of ether oxygens (including phenoxy) is 2. The van der Waals surface area contributed by atoms with Crippen LogP contribution in [0.1, 0.15) is 15.9 Å². The van der Waals surface area contributed by atoms with Gasteiger partial charge in [-0.3, -0.25) is 0 Å². The predicted molar refractivity (Wildman–Crippen MR) is 72.4 cm³/mol. The molecule has 0 amide bonds. The van der Waals surface area contributed by atoms with Gasteiger partial charge in [0.15, 0.2) is 0 Å². The lowest BCUT2D eigenvalue weighted by atomic mass is 10.1. The van der Waals surface area contributed by atoms with Crippen LogP contribution in [0.2, 0.25) is 0 Å². The molecule has 0 aliphatic heterocycles. The van der Waals surface area contributed by atoms with Crippen molar-refractivity contribution < 1.29 is 24.5 Å². The van der Waals surface area contributed by atoms with Gasteiger partial charge in [-0.1, -0.05) is 6.07 Å². The molecule has 0 unspecified atom stereocenters. The smallest absolute Gasteiger partial charge is 0.339 e. The Morgan fingerprint density at radius 2 is 1.85 bits per heavy atom. The molecule has 0 radical (unpaired) electrons. The highest BCUT2D eigenvalue weighted by Gasteiger charge is 2.11. The van der Waals surface area contributed by atoms with E-state index in [-0.39, 0.29) is 17.9 Å². The molecule has 0 bridgehead atoms. The second kappa shape index (κ2) is 5.97. The van der Waals surface area contributed by atoms with Crippen LogP contribution in [0.25, 0.3) is 0 Å². The number of benzene rings is 2. The van der Waals surface area contributed by atoms with E-state index in [0.717, 1.165) is 5.56 Å². The highest BCUT2D eigenvalue weighted by Crippen LogP contribution is 2.22. The van der Waals surface area contributed by atoms with Crippen molar-refractivity contribution in [1.29, 1.82) is 0 Å². The summed E-state index contributed by atoms with van der Waals surface area (Å²) >= 11 is 0. The SMILES string of the molecule is COc1ccc(COc2ccc(O)cc2)cc1C(=O)O. The number of carboxylic acid groups (broad SMARTS) is 1. The molecule has 5 heteroatoms. The Morgan fingerprint density at radius 1 is 1.15 bits per heavy atom. The number of hydrogen-bond donors (Lipinski definition) is 2. The standard InChI is InChI=1S/C15H14O5/c1-19-14-7-2-10(8-13(14)15(17)18)9-20-12-5-3-11(16)4-6-12/h2-8,16H,9H2,1H3,(H,17,18). The van der Waals surface area contributed by atoms with Crippen molar-refractivity contribution in [2.75, 3.05) is 7.11 Å². The summed E-state index contributed by atoms with van der Waals surface area (Å²) in [7, 11) is 1.42. The highest BCUT2D eigenvalue weighted by atomic mass is 16.5. The number of methoxy groups -OCH3 is 1. The number of phenolic OH excluding ortho intramolecular Hbond substituents is 1. The molecule has 0 heterocycles. The summed E-state index contributed by atoms with van der Waals surface area (Å²) in [5.41, 5.74) is 0.815. The third-order valence-corrected chi connectivity index (χ3v) is 2.74. The molecule has 0 saturated heterocycles. The summed E-state index contributed by atoms with van der Waals surface area (Å²) < 4.78 is 10.5. The normalized spacial score (nSPS) is 10.1. The summed E-state index contributed by atoms with van der Waals surface area (Å²) in [5, 5.41) is 18.3. The molecule has 0 aromatic heterocycles. The molecule has 0 spiro atoms. The summed E-state index contributed by atoms with van der Waals surface area (Å²) in [5.74, 6) is 0.0182. The summed E-state index contributed by atoms with van der Waals surface area (Å²) in [6.07, 6.45) is 0. The first kappa shape index (κ1) is 13.7. The van der Waals surface area contributed by atoms with Gasteiger partial charge in [0.25, 0.3) is 0 Å². The van der Waals surface area contributed by atoms with Gasteiger partial charge in [0.05, 0.1) is 7.11 Å². The van der Waals surface area contributed by atoms with Gasteiger partial charge < -0.3 is 19.7 Å².